The third kappa shape index (κ3) is 1.66. The van der Waals surface area contributed by atoms with Crippen molar-refractivity contribution < 1.29 is 9.53 Å². The van der Waals surface area contributed by atoms with Crippen molar-refractivity contribution in [2.45, 2.75) is 13.0 Å². The van der Waals surface area contributed by atoms with Gasteiger partial charge in [0, 0.05) is 0 Å². The lowest BCUT2D eigenvalue weighted by Crippen LogP contribution is -2.24. The number of carbonyl (C=O) groups is 1. The van der Waals surface area contributed by atoms with Gasteiger partial charge in [-0.2, -0.15) is 0 Å². The Kier molecular flexibility index (Phi) is 2.31. The average molecular weight is 189 g/mol. The number of esters is 1. The van der Waals surface area contributed by atoms with Crippen LogP contribution in [0.4, 0.5) is 0 Å². The summed E-state index contributed by atoms with van der Waals surface area (Å²) in [5.41, 5.74) is 1.53. The lowest BCUT2D eigenvalue weighted by Gasteiger charge is -2.18. The molecule has 3 heteroatoms. The molecule has 1 heterocycles. The summed E-state index contributed by atoms with van der Waals surface area (Å²) in [6.07, 6.45) is 0. The molecule has 0 saturated heterocycles. The van der Waals surface area contributed by atoms with Crippen LogP contribution in [-0.2, 0) is 9.53 Å². The van der Waals surface area contributed by atoms with Gasteiger partial charge in [-0.3, -0.25) is 4.99 Å². The fourth-order valence-corrected chi connectivity index (χ4v) is 1.43. The molecule has 0 fully saturated rings. The van der Waals surface area contributed by atoms with E-state index >= 15 is 0 Å². The first-order valence-corrected chi connectivity index (χ1v) is 4.54. The summed E-state index contributed by atoms with van der Waals surface area (Å²) < 4.78 is 4.99. The lowest BCUT2D eigenvalue weighted by atomic mass is 10.1. The van der Waals surface area contributed by atoms with Crippen LogP contribution in [0.25, 0.3) is 0 Å². The quantitative estimate of drug-likeness (QED) is 0.631. The average Bonchev–Trinajstić information content (AvgIpc) is 2.23. The molecule has 72 valence electrons. The van der Waals surface area contributed by atoms with Gasteiger partial charge in [-0.05, 0) is 12.5 Å². The molecule has 14 heavy (non-hydrogen) atoms. The fraction of sp³-hybridized carbons (Fsp3) is 0.273. The van der Waals surface area contributed by atoms with Crippen molar-refractivity contribution in [1.82, 2.24) is 0 Å². The summed E-state index contributed by atoms with van der Waals surface area (Å²) in [6, 6.07) is 9.80. The summed E-state index contributed by atoms with van der Waals surface area (Å²) in [5.74, 6) is -0.308. The molecule has 0 radical (unpaired) electrons. The zero-order chi connectivity index (χ0) is 9.97. The number of cyclic esters (lactones) is 1. The molecule has 0 saturated carbocycles. The van der Waals surface area contributed by atoms with Crippen molar-refractivity contribution in [2.75, 3.05) is 6.61 Å². The smallest absolute Gasteiger partial charge is 0.352 e. The van der Waals surface area contributed by atoms with Crippen molar-refractivity contribution in [3.63, 3.8) is 0 Å². The Labute approximate surface area is 82.4 Å². The Morgan fingerprint density at radius 3 is 2.71 bits per heavy atom. The molecule has 1 aliphatic rings. The topological polar surface area (TPSA) is 38.7 Å². The van der Waals surface area contributed by atoms with E-state index in [1.165, 1.54) is 0 Å². The van der Waals surface area contributed by atoms with Crippen LogP contribution in [0, 0.1) is 0 Å². The predicted octanol–water partition coefficient (Wildman–Crippen LogP) is 1.75. The molecule has 1 aliphatic heterocycles. The number of rotatable bonds is 1. The number of hydrogen-bond acceptors (Lipinski definition) is 3. The second-order valence-electron chi connectivity index (χ2n) is 3.24. The molecule has 1 aromatic carbocycles. The van der Waals surface area contributed by atoms with Crippen LogP contribution in [-0.4, -0.2) is 18.3 Å². The first-order valence-electron chi connectivity index (χ1n) is 4.54. The van der Waals surface area contributed by atoms with Gasteiger partial charge in [-0.1, -0.05) is 30.3 Å². The monoisotopic (exact) mass is 189 g/mol. The summed E-state index contributed by atoms with van der Waals surface area (Å²) in [7, 11) is 0. The van der Waals surface area contributed by atoms with Gasteiger partial charge in [0.1, 0.15) is 18.4 Å². The number of nitrogens with zero attached hydrogens (tertiary/aromatic N) is 1. The molecule has 1 unspecified atom stereocenters. The van der Waals surface area contributed by atoms with Gasteiger partial charge in [-0.15, -0.1) is 0 Å². The predicted molar refractivity (Wildman–Crippen MR) is 53.3 cm³/mol. The first-order chi connectivity index (χ1) is 6.77. The fourth-order valence-electron chi connectivity index (χ4n) is 1.43. The zero-order valence-electron chi connectivity index (χ0n) is 7.93. The largest absolute Gasteiger partial charge is 0.459 e. The highest BCUT2D eigenvalue weighted by molar-refractivity contribution is 6.35. The highest BCUT2D eigenvalue weighted by Gasteiger charge is 2.20. The van der Waals surface area contributed by atoms with Crippen LogP contribution in [0.5, 0.6) is 0 Å². The van der Waals surface area contributed by atoms with Crippen LogP contribution in [0.15, 0.2) is 35.3 Å². The van der Waals surface area contributed by atoms with Crippen molar-refractivity contribution >= 4 is 11.7 Å². The van der Waals surface area contributed by atoms with Gasteiger partial charge in [-0.25, -0.2) is 4.79 Å². The Morgan fingerprint density at radius 1 is 1.36 bits per heavy atom. The Balaban J connectivity index is 2.26. The number of aliphatic imine (C=N–C) groups is 1. The second-order valence-corrected chi connectivity index (χ2v) is 3.24. The zero-order valence-corrected chi connectivity index (χ0v) is 7.93. The van der Waals surface area contributed by atoms with E-state index in [4.69, 9.17) is 4.74 Å². The van der Waals surface area contributed by atoms with E-state index in [0.717, 1.165) is 5.56 Å². The molecule has 0 N–H and O–H groups in total. The molecular formula is C11H11NO2. The molecule has 0 spiro atoms. The van der Waals surface area contributed by atoms with Crippen molar-refractivity contribution in [3.05, 3.63) is 35.9 Å². The minimum atomic E-state index is -0.308. The maximum atomic E-state index is 11.0. The molecule has 2 rings (SSSR count). The molecule has 0 aliphatic carbocycles. The molecule has 3 nitrogen and oxygen atoms in total. The molecule has 1 atom stereocenters. The molecule has 1 aromatic rings. The maximum Gasteiger partial charge on any atom is 0.352 e. The summed E-state index contributed by atoms with van der Waals surface area (Å²) in [5, 5.41) is 0. The summed E-state index contributed by atoms with van der Waals surface area (Å²) in [6.45, 7) is 2.03. The van der Waals surface area contributed by atoms with Gasteiger partial charge in [0.15, 0.2) is 0 Å². The Hall–Kier alpha value is -1.64. The van der Waals surface area contributed by atoms with Crippen LogP contribution >= 0.6 is 0 Å². The van der Waals surface area contributed by atoms with Gasteiger partial charge in [0.05, 0.1) is 0 Å². The van der Waals surface area contributed by atoms with Crippen molar-refractivity contribution in [2.24, 2.45) is 4.99 Å². The minimum absolute atomic E-state index is 0.0334. The van der Waals surface area contributed by atoms with Crippen LogP contribution < -0.4 is 0 Å². The normalized spacial score (nSPS) is 21.4. The standard InChI is InChI=1S/C11H11NO2/c1-8-11(13)14-7-10(12-8)9-5-3-2-4-6-9/h2-6,10H,7H2,1H3. The third-order valence-electron chi connectivity index (χ3n) is 2.20. The van der Waals surface area contributed by atoms with Crippen LogP contribution in [0.1, 0.15) is 18.5 Å². The van der Waals surface area contributed by atoms with Gasteiger partial charge >= 0.3 is 5.97 Å². The van der Waals surface area contributed by atoms with E-state index in [-0.39, 0.29) is 12.0 Å². The summed E-state index contributed by atoms with van der Waals surface area (Å²) >= 11 is 0. The second kappa shape index (κ2) is 3.62. The van der Waals surface area contributed by atoms with Crippen molar-refractivity contribution in [1.29, 1.82) is 0 Å². The van der Waals surface area contributed by atoms with Gasteiger partial charge < -0.3 is 4.74 Å². The van der Waals surface area contributed by atoms with Crippen LogP contribution in [0.2, 0.25) is 0 Å². The molecule has 0 aromatic heterocycles. The lowest BCUT2D eigenvalue weighted by molar-refractivity contribution is -0.137. The Morgan fingerprint density at radius 2 is 2.07 bits per heavy atom. The molecular weight excluding hydrogens is 178 g/mol. The number of ether oxygens (including phenoxy) is 1. The van der Waals surface area contributed by atoms with E-state index in [1.807, 2.05) is 30.3 Å². The first kappa shape index (κ1) is 8.94. The summed E-state index contributed by atoms with van der Waals surface area (Å²) in [4.78, 5) is 15.3. The van der Waals surface area contributed by atoms with Gasteiger partial charge in [0.25, 0.3) is 0 Å². The number of hydrogen-bond donors (Lipinski definition) is 0. The van der Waals surface area contributed by atoms with E-state index in [0.29, 0.717) is 12.3 Å². The highest BCUT2D eigenvalue weighted by Crippen LogP contribution is 2.20. The molecule has 0 amide bonds. The SMILES string of the molecule is CC1=NC(c2ccccc2)COC1=O. The van der Waals surface area contributed by atoms with Crippen molar-refractivity contribution in [3.8, 4) is 0 Å². The van der Waals surface area contributed by atoms with E-state index in [1.54, 1.807) is 6.92 Å². The van der Waals surface area contributed by atoms with Gasteiger partial charge in [0.2, 0.25) is 0 Å². The third-order valence-corrected chi connectivity index (χ3v) is 2.20. The van der Waals surface area contributed by atoms with E-state index in [2.05, 4.69) is 4.99 Å². The maximum absolute atomic E-state index is 11.0. The van der Waals surface area contributed by atoms with E-state index in [9.17, 15) is 4.79 Å². The Bertz CT molecular complexity index is 370. The minimum Gasteiger partial charge on any atom is -0.459 e. The molecule has 0 bridgehead atoms. The number of benzene rings is 1. The highest BCUT2D eigenvalue weighted by atomic mass is 16.5. The number of carbonyl (C=O) groups excluding carboxylic acids is 1. The van der Waals surface area contributed by atoms with Crippen LogP contribution in [0.3, 0.4) is 0 Å². The van der Waals surface area contributed by atoms with E-state index < -0.39 is 0 Å².